The number of hydrogen-bond donors (Lipinski definition) is 2. The highest BCUT2D eigenvalue weighted by Gasteiger charge is 2.48. The first-order chi connectivity index (χ1) is 11.5. The predicted molar refractivity (Wildman–Crippen MR) is 92.1 cm³/mol. The van der Waals surface area contributed by atoms with Gasteiger partial charge >= 0.3 is 0 Å². The van der Waals surface area contributed by atoms with Gasteiger partial charge < -0.3 is 15.3 Å². The first-order valence-electron chi connectivity index (χ1n) is 9.69. The molecule has 1 heterocycles. The summed E-state index contributed by atoms with van der Waals surface area (Å²) in [4.78, 5) is 14.0. The van der Waals surface area contributed by atoms with E-state index in [2.05, 4.69) is 18.3 Å². The molecule has 134 valence electrons. The van der Waals surface area contributed by atoms with Gasteiger partial charge in [-0.2, -0.15) is 5.26 Å². The molecule has 1 unspecified atom stereocenters. The van der Waals surface area contributed by atoms with Crippen molar-refractivity contribution in [2.24, 2.45) is 11.8 Å². The number of hydrogen-bond acceptors (Lipinski definition) is 4. The number of unbranched alkanes of at least 4 members (excludes halogenated alkanes) is 1. The molecule has 1 aliphatic heterocycles. The first kappa shape index (κ1) is 17.7. The summed E-state index contributed by atoms with van der Waals surface area (Å²) in [7, 11) is 0. The van der Waals surface area contributed by atoms with Crippen LogP contribution in [0.15, 0.2) is 0 Å². The van der Waals surface area contributed by atoms with Crippen LogP contribution >= 0.6 is 0 Å². The van der Waals surface area contributed by atoms with E-state index in [1.54, 1.807) is 4.90 Å². The summed E-state index contributed by atoms with van der Waals surface area (Å²) >= 11 is 0. The normalized spacial score (nSPS) is 38.3. The van der Waals surface area contributed by atoms with Crippen molar-refractivity contribution in [3.63, 3.8) is 0 Å². The van der Waals surface area contributed by atoms with Crippen molar-refractivity contribution >= 4 is 5.91 Å². The average molecular weight is 333 g/mol. The zero-order valence-electron chi connectivity index (χ0n) is 14.8. The third-order valence-corrected chi connectivity index (χ3v) is 6.39. The predicted octanol–water partition coefficient (Wildman–Crippen LogP) is 2.20. The lowest BCUT2D eigenvalue weighted by atomic mass is 9.91. The Hall–Kier alpha value is -1.12. The van der Waals surface area contributed by atoms with E-state index in [4.69, 9.17) is 5.26 Å². The van der Waals surface area contributed by atoms with Gasteiger partial charge in [0.25, 0.3) is 0 Å². The van der Waals surface area contributed by atoms with Crippen LogP contribution < -0.4 is 5.32 Å². The molecule has 0 aromatic rings. The summed E-state index contributed by atoms with van der Waals surface area (Å²) in [6, 6.07) is 2.40. The van der Waals surface area contributed by atoms with E-state index < -0.39 is 5.60 Å². The van der Waals surface area contributed by atoms with Crippen LogP contribution in [0.5, 0.6) is 0 Å². The summed E-state index contributed by atoms with van der Waals surface area (Å²) in [6.45, 7) is 3.24. The van der Waals surface area contributed by atoms with Gasteiger partial charge in [0.2, 0.25) is 5.91 Å². The molecule has 5 heteroatoms. The topological polar surface area (TPSA) is 76.4 Å². The molecule has 5 nitrogen and oxygen atoms in total. The monoisotopic (exact) mass is 333 g/mol. The molecular formula is C19H31N3O2. The van der Waals surface area contributed by atoms with Crippen LogP contribution in [-0.4, -0.2) is 46.7 Å². The molecule has 3 fully saturated rings. The molecule has 24 heavy (non-hydrogen) atoms. The third kappa shape index (κ3) is 3.75. The van der Waals surface area contributed by atoms with E-state index in [1.165, 1.54) is 0 Å². The van der Waals surface area contributed by atoms with Crippen LogP contribution in [0.2, 0.25) is 0 Å². The Bertz CT molecular complexity index is 487. The maximum atomic E-state index is 12.3. The first-order valence-corrected chi connectivity index (χ1v) is 9.69. The van der Waals surface area contributed by atoms with Crippen LogP contribution in [0.3, 0.4) is 0 Å². The van der Waals surface area contributed by atoms with Crippen LogP contribution in [0, 0.1) is 23.2 Å². The number of rotatable bonds is 6. The molecule has 0 aromatic carbocycles. The fourth-order valence-electron chi connectivity index (χ4n) is 5.18. The van der Waals surface area contributed by atoms with Crippen molar-refractivity contribution < 1.29 is 9.90 Å². The van der Waals surface area contributed by atoms with Crippen molar-refractivity contribution in [3.8, 4) is 6.07 Å². The molecule has 5 atom stereocenters. The lowest BCUT2D eigenvalue weighted by Crippen LogP contribution is -2.43. The maximum absolute atomic E-state index is 12.3. The number of carbonyl (C=O) groups excluding carboxylic acids is 1. The summed E-state index contributed by atoms with van der Waals surface area (Å²) in [5, 5.41) is 23.2. The number of likely N-dealkylation sites (tertiary alicyclic amines) is 1. The highest BCUT2D eigenvalue weighted by atomic mass is 16.3. The van der Waals surface area contributed by atoms with E-state index in [1.807, 2.05) is 0 Å². The van der Waals surface area contributed by atoms with Gasteiger partial charge in [0.1, 0.15) is 6.04 Å². The summed E-state index contributed by atoms with van der Waals surface area (Å²) < 4.78 is 0. The van der Waals surface area contributed by atoms with Gasteiger partial charge in [-0.3, -0.25) is 4.79 Å². The SMILES string of the molecule is CCCCC1(O)C[C@H]2C[C@@H](NCC(=O)N3CCC[C@H]3C#N)C[C@H]2C1. The summed E-state index contributed by atoms with van der Waals surface area (Å²) in [5.41, 5.74) is -0.429. The Labute approximate surface area is 145 Å². The van der Waals surface area contributed by atoms with Crippen LogP contribution in [-0.2, 0) is 4.79 Å². The molecule has 2 N–H and O–H groups in total. The van der Waals surface area contributed by atoms with Crippen molar-refractivity contribution in [1.82, 2.24) is 10.2 Å². The Morgan fingerprint density at radius 2 is 2.08 bits per heavy atom. The van der Waals surface area contributed by atoms with Gasteiger partial charge in [-0.15, -0.1) is 0 Å². The van der Waals surface area contributed by atoms with Gasteiger partial charge in [0.15, 0.2) is 0 Å². The maximum Gasteiger partial charge on any atom is 0.237 e. The molecule has 0 spiro atoms. The number of nitriles is 1. The molecule has 1 saturated heterocycles. The Balaban J connectivity index is 1.42. The lowest BCUT2D eigenvalue weighted by Gasteiger charge is -2.25. The quantitative estimate of drug-likeness (QED) is 0.781. The summed E-state index contributed by atoms with van der Waals surface area (Å²) in [5.74, 6) is 1.28. The molecule has 0 aromatic heterocycles. The van der Waals surface area contributed by atoms with Crippen LogP contribution in [0.1, 0.15) is 64.7 Å². The number of nitrogens with zero attached hydrogens (tertiary/aromatic N) is 2. The highest BCUT2D eigenvalue weighted by Crippen LogP contribution is 2.50. The van der Waals surface area contributed by atoms with Crippen molar-refractivity contribution in [2.45, 2.75) is 82.4 Å². The molecule has 0 radical (unpaired) electrons. The van der Waals surface area contributed by atoms with E-state index in [9.17, 15) is 9.90 Å². The van der Waals surface area contributed by atoms with Crippen molar-refractivity contribution in [2.75, 3.05) is 13.1 Å². The largest absolute Gasteiger partial charge is 0.390 e. The minimum absolute atomic E-state index is 0.0653. The minimum atomic E-state index is -0.429. The van der Waals surface area contributed by atoms with E-state index in [0.717, 1.165) is 64.3 Å². The molecule has 3 rings (SSSR count). The van der Waals surface area contributed by atoms with Gasteiger partial charge in [-0.05, 0) is 56.8 Å². The standard InChI is InChI=1S/C19H31N3O2/c1-2-3-6-19(24)10-14-8-16(9-15(14)11-19)21-13-18(23)22-7-4-5-17(22)12-20/h14-17,21,24H,2-11,13H2,1H3/t14-,15+,16-,17-,19?/m0/s1. The van der Waals surface area contributed by atoms with E-state index in [-0.39, 0.29) is 11.9 Å². The smallest absolute Gasteiger partial charge is 0.237 e. The van der Waals surface area contributed by atoms with Gasteiger partial charge in [-0.25, -0.2) is 0 Å². The second-order valence-corrected chi connectivity index (χ2v) is 8.18. The second-order valence-electron chi connectivity index (χ2n) is 8.18. The second kappa shape index (κ2) is 7.41. The van der Waals surface area contributed by atoms with Gasteiger partial charge in [0.05, 0.1) is 18.2 Å². The molecular weight excluding hydrogens is 302 g/mol. The molecule has 2 saturated carbocycles. The van der Waals surface area contributed by atoms with E-state index >= 15 is 0 Å². The fourth-order valence-corrected chi connectivity index (χ4v) is 5.18. The molecule has 2 aliphatic carbocycles. The number of aliphatic hydroxyl groups is 1. The zero-order chi connectivity index (χ0) is 17.2. The van der Waals surface area contributed by atoms with Crippen molar-refractivity contribution in [3.05, 3.63) is 0 Å². The van der Waals surface area contributed by atoms with Crippen LogP contribution in [0.4, 0.5) is 0 Å². The zero-order valence-corrected chi connectivity index (χ0v) is 14.8. The highest BCUT2D eigenvalue weighted by molar-refractivity contribution is 5.79. The number of carbonyl (C=O) groups is 1. The average Bonchev–Trinajstić information content (AvgIpc) is 3.23. The lowest BCUT2D eigenvalue weighted by molar-refractivity contribution is -0.130. The minimum Gasteiger partial charge on any atom is -0.390 e. The van der Waals surface area contributed by atoms with Crippen molar-refractivity contribution in [1.29, 1.82) is 5.26 Å². The molecule has 1 amide bonds. The van der Waals surface area contributed by atoms with Gasteiger partial charge in [0, 0.05) is 12.6 Å². The van der Waals surface area contributed by atoms with E-state index in [0.29, 0.717) is 24.4 Å². The Morgan fingerprint density at radius 3 is 2.71 bits per heavy atom. The summed E-state index contributed by atoms with van der Waals surface area (Å²) in [6.07, 6.45) is 8.98. The third-order valence-electron chi connectivity index (χ3n) is 6.39. The number of nitrogens with one attached hydrogen (secondary N) is 1. The van der Waals surface area contributed by atoms with Crippen LogP contribution in [0.25, 0.3) is 0 Å². The number of amides is 1. The number of fused-ring (bicyclic) bond motifs is 1. The fraction of sp³-hybridized carbons (Fsp3) is 0.895. The molecule has 3 aliphatic rings. The van der Waals surface area contributed by atoms with Gasteiger partial charge in [-0.1, -0.05) is 19.8 Å². The Morgan fingerprint density at radius 1 is 1.38 bits per heavy atom. The Kier molecular flexibility index (Phi) is 5.46. The molecule has 0 bridgehead atoms.